The highest BCUT2D eigenvalue weighted by Gasteiger charge is 2.39. The Morgan fingerprint density at radius 2 is 2.20 bits per heavy atom. The summed E-state index contributed by atoms with van der Waals surface area (Å²) in [5, 5.41) is 10.6. The van der Waals surface area contributed by atoms with Gasteiger partial charge >= 0.3 is 12.1 Å². The average molecular weight is 224 g/mol. The minimum absolute atomic E-state index is 0.0213. The SMILES string of the molecule is COC(=O)CCNCC(C#N)C(F)(F)F. The van der Waals surface area contributed by atoms with Gasteiger partial charge in [-0.1, -0.05) is 0 Å². The third kappa shape index (κ3) is 5.91. The molecule has 0 aliphatic carbocycles. The number of carbonyl (C=O) groups is 1. The molecule has 86 valence electrons. The molecule has 0 saturated carbocycles. The van der Waals surface area contributed by atoms with Gasteiger partial charge in [0.1, 0.15) is 0 Å². The summed E-state index contributed by atoms with van der Waals surface area (Å²) in [6, 6.07) is 1.14. The summed E-state index contributed by atoms with van der Waals surface area (Å²) in [5.74, 6) is -2.56. The van der Waals surface area contributed by atoms with Crippen LogP contribution >= 0.6 is 0 Å². The maximum Gasteiger partial charge on any atom is 0.405 e. The highest BCUT2D eigenvalue weighted by atomic mass is 19.4. The Hall–Kier alpha value is -1.29. The van der Waals surface area contributed by atoms with Crippen LogP contribution in [0.1, 0.15) is 6.42 Å². The number of rotatable bonds is 5. The third-order valence-electron chi connectivity index (χ3n) is 1.63. The molecule has 15 heavy (non-hydrogen) atoms. The second-order valence-electron chi connectivity index (χ2n) is 2.75. The maximum atomic E-state index is 12.0. The summed E-state index contributed by atoms with van der Waals surface area (Å²) in [6.07, 6.45) is -4.56. The van der Waals surface area contributed by atoms with Gasteiger partial charge in [-0.25, -0.2) is 0 Å². The lowest BCUT2D eigenvalue weighted by Gasteiger charge is -2.13. The third-order valence-corrected chi connectivity index (χ3v) is 1.63. The molecular formula is C8H11F3N2O2. The predicted molar refractivity (Wildman–Crippen MR) is 44.7 cm³/mol. The van der Waals surface area contributed by atoms with E-state index >= 15 is 0 Å². The van der Waals surface area contributed by atoms with Crippen molar-refractivity contribution in [3.63, 3.8) is 0 Å². The number of nitrogens with zero attached hydrogens (tertiary/aromatic N) is 1. The van der Waals surface area contributed by atoms with Crippen molar-refractivity contribution >= 4 is 5.97 Å². The van der Waals surface area contributed by atoms with E-state index in [9.17, 15) is 18.0 Å². The molecule has 0 aromatic carbocycles. The van der Waals surface area contributed by atoms with Crippen LogP contribution < -0.4 is 5.32 Å². The van der Waals surface area contributed by atoms with Crippen LogP contribution in [0.3, 0.4) is 0 Å². The smallest absolute Gasteiger partial charge is 0.405 e. The number of carbonyl (C=O) groups excluding carboxylic acids is 1. The van der Waals surface area contributed by atoms with Crippen LogP contribution in [-0.2, 0) is 9.53 Å². The Balaban J connectivity index is 3.76. The van der Waals surface area contributed by atoms with E-state index in [1.807, 2.05) is 0 Å². The van der Waals surface area contributed by atoms with E-state index < -0.39 is 24.6 Å². The van der Waals surface area contributed by atoms with E-state index in [1.54, 1.807) is 0 Å². The average Bonchev–Trinajstić information content (AvgIpc) is 2.15. The fraction of sp³-hybridized carbons (Fsp3) is 0.750. The molecule has 0 aliphatic rings. The Kier molecular flexibility index (Phi) is 5.70. The van der Waals surface area contributed by atoms with Crippen molar-refractivity contribution in [3.05, 3.63) is 0 Å². The van der Waals surface area contributed by atoms with Gasteiger partial charge in [0.15, 0.2) is 5.92 Å². The minimum atomic E-state index is -4.53. The van der Waals surface area contributed by atoms with Gasteiger partial charge in [0.2, 0.25) is 0 Å². The zero-order valence-electron chi connectivity index (χ0n) is 8.10. The molecule has 0 aliphatic heterocycles. The molecule has 0 heterocycles. The molecule has 0 spiro atoms. The lowest BCUT2D eigenvalue weighted by Crippen LogP contribution is -2.33. The molecule has 1 unspecified atom stereocenters. The number of halogens is 3. The fourth-order valence-corrected chi connectivity index (χ4v) is 0.773. The first-order valence-corrected chi connectivity index (χ1v) is 4.15. The van der Waals surface area contributed by atoms with Crippen LogP contribution in [-0.4, -0.2) is 32.3 Å². The first-order valence-electron chi connectivity index (χ1n) is 4.15. The fourth-order valence-electron chi connectivity index (χ4n) is 0.773. The summed E-state index contributed by atoms with van der Waals surface area (Å²) in [7, 11) is 1.19. The molecule has 4 nitrogen and oxygen atoms in total. The number of methoxy groups -OCH3 is 1. The van der Waals surface area contributed by atoms with Crippen molar-refractivity contribution < 1.29 is 22.7 Å². The van der Waals surface area contributed by atoms with Crippen LogP contribution in [0.15, 0.2) is 0 Å². The number of esters is 1. The molecule has 0 aromatic heterocycles. The highest BCUT2D eigenvalue weighted by molar-refractivity contribution is 5.69. The van der Waals surface area contributed by atoms with Gasteiger partial charge in [-0.3, -0.25) is 4.79 Å². The molecule has 1 atom stereocenters. The molecule has 0 aromatic rings. The van der Waals surface area contributed by atoms with Crippen LogP contribution in [0.2, 0.25) is 0 Å². The van der Waals surface area contributed by atoms with Crippen LogP contribution in [0.5, 0.6) is 0 Å². The Bertz CT molecular complexity index is 247. The first kappa shape index (κ1) is 13.7. The van der Waals surface area contributed by atoms with E-state index in [1.165, 1.54) is 7.11 Å². The lowest BCUT2D eigenvalue weighted by atomic mass is 10.1. The molecule has 0 amide bonds. The van der Waals surface area contributed by atoms with Gasteiger partial charge in [-0.2, -0.15) is 18.4 Å². The van der Waals surface area contributed by atoms with Gasteiger partial charge in [-0.15, -0.1) is 0 Å². The number of ether oxygens (including phenoxy) is 1. The number of hydrogen-bond acceptors (Lipinski definition) is 4. The number of nitrogens with one attached hydrogen (secondary N) is 1. The van der Waals surface area contributed by atoms with E-state index in [2.05, 4.69) is 10.1 Å². The normalized spacial score (nSPS) is 13.0. The van der Waals surface area contributed by atoms with Crippen LogP contribution in [0.25, 0.3) is 0 Å². The second kappa shape index (κ2) is 6.24. The summed E-state index contributed by atoms with van der Waals surface area (Å²) in [5.41, 5.74) is 0. The minimum Gasteiger partial charge on any atom is -0.469 e. The van der Waals surface area contributed by atoms with Crippen molar-refractivity contribution in [2.75, 3.05) is 20.2 Å². The molecular weight excluding hydrogens is 213 g/mol. The summed E-state index contributed by atoms with van der Waals surface area (Å²) >= 11 is 0. The van der Waals surface area contributed by atoms with E-state index in [0.717, 1.165) is 6.07 Å². The molecule has 0 bridgehead atoms. The van der Waals surface area contributed by atoms with Gasteiger partial charge in [0.25, 0.3) is 0 Å². The van der Waals surface area contributed by atoms with Gasteiger partial charge in [0.05, 0.1) is 19.6 Å². The highest BCUT2D eigenvalue weighted by Crippen LogP contribution is 2.24. The molecule has 0 saturated heterocycles. The quantitative estimate of drug-likeness (QED) is 0.555. The molecule has 0 fully saturated rings. The zero-order chi connectivity index (χ0) is 11.9. The molecule has 0 radical (unpaired) electrons. The van der Waals surface area contributed by atoms with Crippen LogP contribution in [0, 0.1) is 17.2 Å². The maximum absolute atomic E-state index is 12.0. The second-order valence-corrected chi connectivity index (χ2v) is 2.75. The summed E-state index contributed by atoms with van der Waals surface area (Å²) in [6.45, 7) is -0.460. The van der Waals surface area contributed by atoms with E-state index in [-0.39, 0.29) is 13.0 Å². The topological polar surface area (TPSA) is 62.1 Å². The monoisotopic (exact) mass is 224 g/mol. The van der Waals surface area contributed by atoms with E-state index in [4.69, 9.17) is 5.26 Å². The Morgan fingerprint density at radius 3 is 2.60 bits per heavy atom. The van der Waals surface area contributed by atoms with Gasteiger partial charge in [0, 0.05) is 13.1 Å². The van der Waals surface area contributed by atoms with Crippen molar-refractivity contribution in [1.82, 2.24) is 5.32 Å². The zero-order valence-corrected chi connectivity index (χ0v) is 8.10. The van der Waals surface area contributed by atoms with E-state index in [0.29, 0.717) is 0 Å². The largest absolute Gasteiger partial charge is 0.469 e. The van der Waals surface area contributed by atoms with Crippen LogP contribution in [0.4, 0.5) is 13.2 Å². The van der Waals surface area contributed by atoms with Crippen molar-refractivity contribution in [2.24, 2.45) is 5.92 Å². The summed E-state index contributed by atoms with van der Waals surface area (Å²) in [4.78, 5) is 10.6. The van der Waals surface area contributed by atoms with Crippen molar-refractivity contribution in [1.29, 1.82) is 5.26 Å². The molecule has 7 heteroatoms. The van der Waals surface area contributed by atoms with Gasteiger partial charge < -0.3 is 10.1 Å². The van der Waals surface area contributed by atoms with Gasteiger partial charge in [-0.05, 0) is 0 Å². The Morgan fingerprint density at radius 1 is 1.60 bits per heavy atom. The summed E-state index contributed by atoms with van der Waals surface area (Å²) < 4.78 is 40.3. The predicted octanol–water partition coefficient (Wildman–Crippen LogP) is 0.841. The molecule has 1 N–H and O–H groups in total. The number of alkyl halides is 3. The standard InChI is InChI=1S/C8H11F3N2O2/c1-15-7(14)2-3-13-5-6(4-12)8(9,10)11/h6,13H,2-3,5H2,1H3. The first-order chi connectivity index (χ1) is 6.91. The Labute approximate surface area is 85.0 Å². The lowest BCUT2D eigenvalue weighted by molar-refractivity contribution is -0.157. The number of nitriles is 1. The molecule has 0 rings (SSSR count). The van der Waals surface area contributed by atoms with Crippen molar-refractivity contribution in [2.45, 2.75) is 12.6 Å². The number of hydrogen-bond donors (Lipinski definition) is 1. The van der Waals surface area contributed by atoms with Crippen molar-refractivity contribution in [3.8, 4) is 6.07 Å².